The van der Waals surface area contributed by atoms with Gasteiger partial charge in [-0.1, -0.05) is 42.6 Å². The molecule has 0 aliphatic heterocycles. The van der Waals surface area contributed by atoms with Gasteiger partial charge in [0.15, 0.2) is 0 Å². The van der Waals surface area contributed by atoms with Gasteiger partial charge in [0.25, 0.3) is 0 Å². The number of hydrogen-bond acceptors (Lipinski definition) is 4. The summed E-state index contributed by atoms with van der Waals surface area (Å²) in [7, 11) is 0. The molecule has 1 aromatic carbocycles. The third-order valence-electron chi connectivity index (χ3n) is 2.23. The molecule has 0 spiro atoms. The normalized spacial score (nSPS) is 10.2. The molecule has 0 saturated carbocycles. The zero-order valence-electron chi connectivity index (χ0n) is 9.46. The number of benzene rings is 1. The second-order valence-electron chi connectivity index (χ2n) is 3.53. The predicted octanol–water partition coefficient (Wildman–Crippen LogP) is 4.56. The SMILES string of the molecule is Cc1csc(Cl)c1N(S)C(=O)Oc1ccccc1. The number of para-hydroxylation sites is 1. The molecule has 6 heteroatoms. The monoisotopic (exact) mass is 299 g/mol. The van der Waals surface area contributed by atoms with Gasteiger partial charge in [0.1, 0.15) is 10.1 Å². The highest BCUT2D eigenvalue weighted by Crippen LogP contribution is 2.36. The third kappa shape index (κ3) is 2.80. The molecule has 0 fully saturated rings. The predicted molar refractivity (Wildman–Crippen MR) is 78.0 cm³/mol. The third-order valence-corrected chi connectivity index (χ3v) is 3.91. The maximum atomic E-state index is 11.9. The average molecular weight is 300 g/mol. The van der Waals surface area contributed by atoms with Gasteiger partial charge < -0.3 is 4.74 Å². The number of halogens is 1. The van der Waals surface area contributed by atoms with E-state index in [4.69, 9.17) is 16.3 Å². The summed E-state index contributed by atoms with van der Waals surface area (Å²) < 4.78 is 6.79. The van der Waals surface area contributed by atoms with E-state index in [1.165, 1.54) is 11.3 Å². The van der Waals surface area contributed by atoms with Crippen LogP contribution in [0.5, 0.6) is 5.75 Å². The lowest BCUT2D eigenvalue weighted by molar-refractivity contribution is 0.212. The number of thiophene rings is 1. The standard InChI is InChI=1S/C12H10ClNO2S2/c1-8-7-18-11(13)10(8)14(17)12(15)16-9-5-3-2-4-6-9/h2-7,17H,1H3. The van der Waals surface area contributed by atoms with Crippen molar-refractivity contribution in [2.24, 2.45) is 0 Å². The molecular weight excluding hydrogens is 290 g/mol. The van der Waals surface area contributed by atoms with Crippen LogP contribution < -0.4 is 9.04 Å². The lowest BCUT2D eigenvalue weighted by atomic mass is 10.3. The highest BCUT2D eigenvalue weighted by Gasteiger charge is 2.20. The molecule has 18 heavy (non-hydrogen) atoms. The summed E-state index contributed by atoms with van der Waals surface area (Å²) in [6.07, 6.45) is -0.590. The van der Waals surface area contributed by atoms with E-state index in [-0.39, 0.29) is 0 Å². The Morgan fingerprint density at radius 3 is 2.61 bits per heavy atom. The topological polar surface area (TPSA) is 29.5 Å². The fraction of sp³-hybridized carbons (Fsp3) is 0.0833. The molecule has 3 nitrogen and oxygen atoms in total. The summed E-state index contributed by atoms with van der Waals surface area (Å²) >= 11 is 11.5. The zero-order chi connectivity index (χ0) is 13.1. The van der Waals surface area contributed by atoms with Gasteiger partial charge in [0.2, 0.25) is 0 Å². The Hall–Kier alpha value is -1.17. The number of amides is 1. The largest absolute Gasteiger partial charge is 0.429 e. The molecule has 2 rings (SSSR count). The second kappa shape index (κ2) is 5.65. The first-order valence-corrected chi connectivity index (χ1v) is 6.75. The fourth-order valence-corrected chi connectivity index (χ4v) is 2.93. The van der Waals surface area contributed by atoms with Crippen LogP contribution in [0.25, 0.3) is 0 Å². The lowest BCUT2D eigenvalue weighted by Gasteiger charge is -2.15. The van der Waals surface area contributed by atoms with Crippen molar-refractivity contribution in [1.82, 2.24) is 0 Å². The number of hydrogen-bond donors (Lipinski definition) is 1. The van der Waals surface area contributed by atoms with Gasteiger partial charge >= 0.3 is 6.09 Å². The molecule has 0 atom stereocenters. The molecule has 0 saturated heterocycles. The first-order valence-electron chi connectivity index (χ1n) is 5.09. The number of aryl methyl sites for hydroxylation is 1. The molecule has 2 aromatic rings. The number of ether oxygens (including phenoxy) is 1. The average Bonchev–Trinajstić information content (AvgIpc) is 2.69. The Bertz CT molecular complexity index is 537. The lowest BCUT2D eigenvalue weighted by Crippen LogP contribution is -2.25. The van der Waals surface area contributed by atoms with Crippen LogP contribution in [0.2, 0.25) is 4.34 Å². The molecule has 1 aromatic heterocycles. The Morgan fingerprint density at radius 1 is 1.39 bits per heavy atom. The van der Waals surface area contributed by atoms with Crippen molar-refractivity contribution in [3.63, 3.8) is 0 Å². The zero-order valence-corrected chi connectivity index (χ0v) is 11.9. The fourth-order valence-electron chi connectivity index (χ4n) is 1.38. The number of thiol groups is 1. The maximum absolute atomic E-state index is 11.9. The van der Waals surface area contributed by atoms with Crippen molar-refractivity contribution >= 4 is 47.5 Å². The number of nitrogens with zero attached hydrogens (tertiary/aromatic N) is 1. The van der Waals surface area contributed by atoms with Crippen LogP contribution >= 0.6 is 35.8 Å². The quantitative estimate of drug-likeness (QED) is 0.824. The number of rotatable bonds is 2. The van der Waals surface area contributed by atoms with E-state index in [9.17, 15) is 4.79 Å². The molecule has 0 aliphatic carbocycles. The Labute approximate surface area is 119 Å². The van der Waals surface area contributed by atoms with Gasteiger partial charge in [-0.3, -0.25) is 0 Å². The molecule has 0 bridgehead atoms. The van der Waals surface area contributed by atoms with Crippen molar-refractivity contribution in [2.45, 2.75) is 6.92 Å². The maximum Gasteiger partial charge on any atom is 0.429 e. The van der Waals surface area contributed by atoms with Crippen molar-refractivity contribution in [3.05, 3.63) is 45.6 Å². The van der Waals surface area contributed by atoms with Gasteiger partial charge in [0, 0.05) is 0 Å². The minimum atomic E-state index is -0.590. The summed E-state index contributed by atoms with van der Waals surface area (Å²) in [5, 5.41) is 1.86. The van der Waals surface area contributed by atoms with Crippen LogP contribution in [0, 0.1) is 6.92 Å². The highest BCUT2D eigenvalue weighted by atomic mass is 35.5. The van der Waals surface area contributed by atoms with Crippen LogP contribution in [0.1, 0.15) is 5.56 Å². The number of carbonyl (C=O) groups is 1. The van der Waals surface area contributed by atoms with Gasteiger partial charge in [-0.25, -0.2) is 9.10 Å². The number of carbonyl (C=O) groups excluding carboxylic acids is 1. The van der Waals surface area contributed by atoms with Gasteiger partial charge in [-0.2, -0.15) is 0 Å². The van der Waals surface area contributed by atoms with E-state index in [0.717, 1.165) is 9.87 Å². The Kier molecular flexibility index (Phi) is 4.16. The molecule has 0 N–H and O–H groups in total. The smallest absolute Gasteiger partial charge is 0.409 e. The molecule has 94 valence electrons. The Morgan fingerprint density at radius 2 is 2.06 bits per heavy atom. The Balaban J connectivity index is 2.15. The van der Waals surface area contributed by atoms with Crippen LogP contribution in [0.15, 0.2) is 35.7 Å². The summed E-state index contributed by atoms with van der Waals surface area (Å²) in [4.78, 5) is 11.9. The van der Waals surface area contributed by atoms with E-state index in [2.05, 4.69) is 12.8 Å². The van der Waals surface area contributed by atoms with Crippen LogP contribution in [-0.2, 0) is 0 Å². The molecule has 1 heterocycles. The van der Waals surface area contributed by atoms with Crippen molar-refractivity contribution in [3.8, 4) is 5.75 Å². The highest BCUT2D eigenvalue weighted by molar-refractivity contribution is 7.82. The summed E-state index contributed by atoms with van der Waals surface area (Å²) in [6.45, 7) is 1.86. The molecule has 0 radical (unpaired) electrons. The molecule has 1 amide bonds. The first-order chi connectivity index (χ1) is 8.59. The van der Waals surface area contributed by atoms with Crippen LogP contribution in [-0.4, -0.2) is 6.09 Å². The molecule has 0 aliphatic rings. The van der Waals surface area contributed by atoms with Crippen molar-refractivity contribution < 1.29 is 9.53 Å². The number of anilines is 1. The van der Waals surface area contributed by atoms with Crippen LogP contribution in [0.4, 0.5) is 10.5 Å². The minimum absolute atomic E-state index is 0.463. The second-order valence-corrected chi connectivity index (χ2v) is 5.42. The first kappa shape index (κ1) is 13.3. The van der Waals surface area contributed by atoms with Crippen LogP contribution in [0.3, 0.4) is 0 Å². The summed E-state index contributed by atoms with van der Waals surface area (Å²) in [5.41, 5.74) is 1.44. The molecular formula is C12H10ClNO2S2. The van der Waals surface area contributed by atoms with E-state index in [0.29, 0.717) is 15.8 Å². The minimum Gasteiger partial charge on any atom is -0.409 e. The van der Waals surface area contributed by atoms with Gasteiger partial charge in [0.05, 0.1) is 5.69 Å². The van der Waals surface area contributed by atoms with E-state index in [1.54, 1.807) is 24.3 Å². The molecule has 0 unspecified atom stereocenters. The van der Waals surface area contributed by atoms with E-state index >= 15 is 0 Å². The van der Waals surface area contributed by atoms with Gasteiger partial charge in [-0.05, 0) is 30.0 Å². The van der Waals surface area contributed by atoms with Gasteiger partial charge in [-0.15, -0.1) is 11.3 Å². The van der Waals surface area contributed by atoms with Crippen molar-refractivity contribution in [2.75, 3.05) is 4.31 Å². The van der Waals surface area contributed by atoms with Crippen molar-refractivity contribution in [1.29, 1.82) is 0 Å². The summed E-state index contributed by atoms with van der Waals surface area (Å²) in [6, 6.07) is 8.81. The van der Waals surface area contributed by atoms with E-state index in [1.807, 2.05) is 18.4 Å². The summed E-state index contributed by atoms with van der Waals surface area (Å²) in [5.74, 6) is 0.463. The van der Waals surface area contributed by atoms with E-state index < -0.39 is 6.09 Å².